The van der Waals surface area contributed by atoms with Gasteiger partial charge in [0.2, 0.25) is 5.91 Å². The number of thioether (sulfide) groups is 1. The number of nitrogens with zero attached hydrogens (tertiary/aromatic N) is 1. The number of hydrogen-bond acceptors (Lipinski definition) is 5. The highest BCUT2D eigenvalue weighted by Gasteiger charge is 2.32. The number of hydrogen-bond donors (Lipinski definition) is 2. The minimum atomic E-state index is -4.65. The number of carbonyl (C=O) groups excluding carboxylic acids is 1. The van der Waals surface area contributed by atoms with Crippen LogP contribution in [0.4, 0.5) is 24.5 Å². The van der Waals surface area contributed by atoms with Crippen molar-refractivity contribution in [1.82, 2.24) is 5.32 Å². The molecule has 156 valence electrons. The summed E-state index contributed by atoms with van der Waals surface area (Å²) in [6.07, 6.45) is -4.19. The standard InChI is InChI=1S/C19H20F3N3O3S/c1-13-5-2-3-6-17(13)29-12-18(26)24-10-4-9-23-15-8-7-14(19(20,21)22)11-16(15)25(27)28/h2-3,5-8,11,23H,4,9-10,12H2,1H3,(H,24,26). The maximum Gasteiger partial charge on any atom is 0.416 e. The Morgan fingerprint density at radius 3 is 2.55 bits per heavy atom. The highest BCUT2D eigenvalue weighted by atomic mass is 32.2. The average Bonchev–Trinajstić information content (AvgIpc) is 2.66. The van der Waals surface area contributed by atoms with Gasteiger partial charge in [-0.05, 0) is 37.1 Å². The second-order valence-electron chi connectivity index (χ2n) is 6.17. The Balaban J connectivity index is 1.77. The molecule has 10 heteroatoms. The molecule has 29 heavy (non-hydrogen) atoms. The van der Waals surface area contributed by atoms with Crippen molar-refractivity contribution in [2.75, 3.05) is 24.2 Å². The van der Waals surface area contributed by atoms with E-state index in [-0.39, 0.29) is 23.9 Å². The van der Waals surface area contributed by atoms with Crippen LogP contribution in [-0.4, -0.2) is 29.7 Å². The molecule has 2 aromatic carbocycles. The van der Waals surface area contributed by atoms with Crippen LogP contribution in [0.15, 0.2) is 47.4 Å². The summed E-state index contributed by atoms with van der Waals surface area (Å²) in [5, 5.41) is 16.5. The number of halogens is 3. The summed E-state index contributed by atoms with van der Waals surface area (Å²) in [4.78, 5) is 23.1. The largest absolute Gasteiger partial charge is 0.416 e. The SMILES string of the molecule is Cc1ccccc1SCC(=O)NCCCNc1ccc(C(F)(F)F)cc1[N+](=O)[O-]. The smallest absolute Gasteiger partial charge is 0.379 e. The molecule has 0 saturated heterocycles. The van der Waals surface area contributed by atoms with Gasteiger partial charge in [-0.15, -0.1) is 11.8 Å². The monoisotopic (exact) mass is 427 g/mol. The van der Waals surface area contributed by atoms with Gasteiger partial charge in [-0.2, -0.15) is 13.2 Å². The molecule has 0 aromatic heterocycles. The molecule has 0 heterocycles. The maximum atomic E-state index is 12.7. The van der Waals surface area contributed by atoms with Crippen molar-refractivity contribution in [1.29, 1.82) is 0 Å². The minimum Gasteiger partial charge on any atom is -0.379 e. The quantitative estimate of drug-likeness (QED) is 0.264. The van der Waals surface area contributed by atoms with Crippen LogP contribution in [-0.2, 0) is 11.0 Å². The summed E-state index contributed by atoms with van der Waals surface area (Å²) >= 11 is 1.43. The molecule has 0 spiro atoms. The third-order valence-electron chi connectivity index (χ3n) is 3.97. The molecule has 1 amide bonds. The highest BCUT2D eigenvalue weighted by Crippen LogP contribution is 2.34. The fraction of sp³-hybridized carbons (Fsp3) is 0.316. The maximum absolute atomic E-state index is 12.7. The number of anilines is 1. The van der Waals surface area contributed by atoms with Crippen molar-refractivity contribution in [2.24, 2.45) is 0 Å². The number of aryl methyl sites for hydroxylation is 1. The van der Waals surface area contributed by atoms with Crippen molar-refractivity contribution < 1.29 is 22.9 Å². The molecule has 6 nitrogen and oxygen atoms in total. The van der Waals surface area contributed by atoms with E-state index in [2.05, 4.69) is 10.6 Å². The predicted octanol–water partition coefficient (Wildman–Crippen LogP) is 4.63. The Kier molecular flexibility index (Phi) is 7.89. The lowest BCUT2D eigenvalue weighted by Crippen LogP contribution is -2.27. The zero-order chi connectivity index (χ0) is 21.4. The number of nitro groups is 1. The van der Waals surface area contributed by atoms with Crippen LogP contribution in [0.5, 0.6) is 0 Å². The van der Waals surface area contributed by atoms with Crippen LogP contribution in [0.2, 0.25) is 0 Å². The van der Waals surface area contributed by atoms with Gasteiger partial charge in [0.05, 0.1) is 16.2 Å². The van der Waals surface area contributed by atoms with Crippen LogP contribution in [0.3, 0.4) is 0 Å². The molecular weight excluding hydrogens is 407 g/mol. The van der Waals surface area contributed by atoms with Crippen LogP contribution in [0, 0.1) is 17.0 Å². The van der Waals surface area contributed by atoms with E-state index in [9.17, 15) is 28.1 Å². The lowest BCUT2D eigenvalue weighted by molar-refractivity contribution is -0.384. The summed E-state index contributed by atoms with van der Waals surface area (Å²) in [6.45, 7) is 2.57. The average molecular weight is 427 g/mol. The molecule has 0 aliphatic carbocycles. The van der Waals surface area contributed by atoms with Crippen LogP contribution in [0.1, 0.15) is 17.5 Å². The number of benzene rings is 2. The highest BCUT2D eigenvalue weighted by molar-refractivity contribution is 8.00. The van der Waals surface area contributed by atoms with Gasteiger partial charge in [-0.3, -0.25) is 14.9 Å². The summed E-state index contributed by atoms with van der Waals surface area (Å²) < 4.78 is 38.1. The Labute approximate surface area is 170 Å². The van der Waals surface area contributed by atoms with Crippen molar-refractivity contribution >= 4 is 29.0 Å². The van der Waals surface area contributed by atoms with Crippen LogP contribution >= 0.6 is 11.8 Å². The minimum absolute atomic E-state index is 0.00411. The van der Waals surface area contributed by atoms with Crippen molar-refractivity contribution in [3.05, 3.63) is 63.7 Å². The lowest BCUT2D eigenvalue weighted by Gasteiger charge is -2.11. The third-order valence-corrected chi connectivity index (χ3v) is 5.14. The Bertz CT molecular complexity index is 875. The lowest BCUT2D eigenvalue weighted by atomic mass is 10.1. The topological polar surface area (TPSA) is 84.3 Å². The number of alkyl halides is 3. The number of carbonyl (C=O) groups is 1. The molecule has 2 N–H and O–H groups in total. The van der Waals surface area contributed by atoms with E-state index in [1.807, 2.05) is 31.2 Å². The van der Waals surface area contributed by atoms with Gasteiger partial charge in [-0.25, -0.2) is 0 Å². The molecule has 0 aliphatic heterocycles. The summed E-state index contributed by atoms with van der Waals surface area (Å²) in [5.74, 6) is 0.126. The fourth-order valence-electron chi connectivity index (χ4n) is 2.46. The van der Waals surface area contributed by atoms with Crippen LogP contribution in [0.25, 0.3) is 0 Å². The van der Waals surface area contributed by atoms with Crippen molar-refractivity contribution in [3.8, 4) is 0 Å². The summed E-state index contributed by atoms with van der Waals surface area (Å²) in [7, 11) is 0. The molecule has 2 aromatic rings. The molecule has 0 unspecified atom stereocenters. The normalized spacial score (nSPS) is 11.2. The van der Waals surface area contributed by atoms with Crippen molar-refractivity contribution in [2.45, 2.75) is 24.4 Å². The number of rotatable bonds is 9. The second-order valence-corrected chi connectivity index (χ2v) is 7.19. The predicted molar refractivity (Wildman–Crippen MR) is 106 cm³/mol. The molecule has 0 bridgehead atoms. The molecule has 0 radical (unpaired) electrons. The first-order chi connectivity index (χ1) is 13.7. The Morgan fingerprint density at radius 2 is 1.90 bits per heavy atom. The van der Waals surface area contributed by atoms with Gasteiger partial charge in [0.15, 0.2) is 0 Å². The van der Waals surface area contributed by atoms with Crippen LogP contribution < -0.4 is 10.6 Å². The van der Waals surface area contributed by atoms with Gasteiger partial charge in [-0.1, -0.05) is 18.2 Å². The number of nitrogens with one attached hydrogen (secondary N) is 2. The van der Waals surface area contributed by atoms with E-state index in [1.165, 1.54) is 11.8 Å². The third kappa shape index (κ3) is 6.97. The molecule has 0 saturated carbocycles. The fourth-order valence-corrected chi connectivity index (χ4v) is 3.32. The molecular formula is C19H20F3N3O3S. The first-order valence-corrected chi connectivity index (χ1v) is 9.71. The second kappa shape index (κ2) is 10.1. The van der Waals surface area contributed by atoms with Crippen molar-refractivity contribution in [3.63, 3.8) is 0 Å². The number of amides is 1. The summed E-state index contributed by atoms with van der Waals surface area (Å²) in [6, 6.07) is 10.1. The Morgan fingerprint density at radius 1 is 1.17 bits per heavy atom. The number of nitro benzene ring substituents is 1. The Hall–Kier alpha value is -2.75. The molecule has 2 rings (SSSR count). The van der Waals surface area contributed by atoms with E-state index in [1.54, 1.807) is 0 Å². The van der Waals surface area contributed by atoms with Gasteiger partial charge >= 0.3 is 6.18 Å². The zero-order valence-corrected chi connectivity index (χ0v) is 16.4. The summed E-state index contributed by atoms with van der Waals surface area (Å²) in [5.41, 5.74) is -0.622. The van der Waals surface area contributed by atoms with E-state index in [0.29, 0.717) is 19.0 Å². The zero-order valence-electron chi connectivity index (χ0n) is 15.6. The van der Waals surface area contributed by atoms with E-state index >= 15 is 0 Å². The molecule has 0 atom stereocenters. The van der Waals surface area contributed by atoms with Gasteiger partial charge in [0.1, 0.15) is 5.69 Å². The molecule has 0 fully saturated rings. The van der Waals surface area contributed by atoms with Gasteiger partial charge < -0.3 is 10.6 Å². The van der Waals surface area contributed by atoms with Gasteiger partial charge in [0.25, 0.3) is 5.69 Å². The van der Waals surface area contributed by atoms with Gasteiger partial charge in [0, 0.05) is 24.1 Å². The van der Waals surface area contributed by atoms with E-state index in [0.717, 1.165) is 22.6 Å². The first kappa shape index (κ1) is 22.5. The first-order valence-electron chi connectivity index (χ1n) is 8.73. The van der Waals surface area contributed by atoms with E-state index < -0.39 is 22.4 Å². The van der Waals surface area contributed by atoms with E-state index in [4.69, 9.17) is 0 Å². The molecule has 0 aliphatic rings.